The lowest BCUT2D eigenvalue weighted by molar-refractivity contribution is -0.141. The Hall–Kier alpha value is -3.51. The number of amides is 2. The minimum atomic E-state index is -1.15. The van der Waals surface area contributed by atoms with E-state index in [1.165, 1.54) is 23.4 Å². The first kappa shape index (κ1) is 21.3. The predicted octanol–water partition coefficient (Wildman–Crippen LogP) is 1.73. The van der Waals surface area contributed by atoms with Crippen LogP contribution in [0.1, 0.15) is 30.8 Å². The number of anilines is 3. The highest BCUT2D eigenvalue weighted by Crippen LogP contribution is 2.39. The lowest BCUT2D eigenvalue weighted by atomic mass is 10.2. The second kappa shape index (κ2) is 8.12. The summed E-state index contributed by atoms with van der Waals surface area (Å²) < 4.78 is 16.9. The van der Waals surface area contributed by atoms with E-state index in [9.17, 15) is 14.7 Å². The van der Waals surface area contributed by atoms with Gasteiger partial charge in [-0.05, 0) is 32.4 Å². The molecule has 2 atom stereocenters. The van der Waals surface area contributed by atoms with Gasteiger partial charge in [-0.2, -0.15) is 0 Å². The number of hydrogen-bond donors (Lipinski definition) is 2. The molecule has 2 saturated heterocycles. The molecule has 2 aromatic heterocycles. The van der Waals surface area contributed by atoms with Crippen molar-refractivity contribution in [2.45, 2.75) is 38.2 Å². The highest BCUT2D eigenvalue weighted by atomic mass is 16.7. The standard InChI is InChI=1S/C21H24N6O6/c1-21(2)32-10-13(33-21)9-31-17-7-16(22-11-23-17)25-20(30)27-12-5-6-26(8-12)15-4-3-14(19(28)29)24-18(15)27/h3-4,7,11-13H,5-6,8-10H2,1-2H3,(H,28,29)(H,22,23,25,30)/t12-,13?/m0/s1. The molecule has 0 aliphatic carbocycles. The number of aromatic nitrogens is 3. The number of pyridine rings is 1. The van der Waals surface area contributed by atoms with Gasteiger partial charge in [0.05, 0.1) is 18.3 Å². The number of nitrogens with one attached hydrogen (secondary N) is 1. The molecule has 0 saturated carbocycles. The molecule has 5 rings (SSSR count). The second-order valence-corrected chi connectivity index (χ2v) is 8.54. The molecule has 2 amide bonds. The van der Waals surface area contributed by atoms with Crippen molar-refractivity contribution in [1.82, 2.24) is 15.0 Å². The van der Waals surface area contributed by atoms with E-state index < -0.39 is 17.8 Å². The number of carboxylic acids is 1. The van der Waals surface area contributed by atoms with Gasteiger partial charge >= 0.3 is 12.0 Å². The van der Waals surface area contributed by atoms with Gasteiger partial charge in [-0.25, -0.2) is 24.5 Å². The smallest absolute Gasteiger partial charge is 0.354 e. The molecular formula is C21H24N6O6. The number of rotatable bonds is 5. The second-order valence-electron chi connectivity index (χ2n) is 8.54. The SMILES string of the molecule is CC1(C)OCC(COc2cc(NC(=O)N3c4nc(C(=O)O)ccc4N4CC[C@H]3C4)ncn2)O1. The van der Waals surface area contributed by atoms with Crippen LogP contribution < -0.4 is 19.9 Å². The topological polar surface area (TPSA) is 139 Å². The average Bonchev–Trinajstić information content (AvgIpc) is 3.35. The van der Waals surface area contributed by atoms with Crippen LogP contribution in [0.4, 0.5) is 22.1 Å². The van der Waals surface area contributed by atoms with Crippen LogP contribution >= 0.6 is 0 Å². The van der Waals surface area contributed by atoms with Crippen molar-refractivity contribution in [3.05, 3.63) is 30.2 Å². The maximum atomic E-state index is 13.2. The van der Waals surface area contributed by atoms with Gasteiger partial charge < -0.3 is 24.2 Å². The van der Waals surface area contributed by atoms with Crippen LogP contribution in [0, 0.1) is 0 Å². The Bertz CT molecular complexity index is 1090. The van der Waals surface area contributed by atoms with Crippen LogP contribution in [0.2, 0.25) is 0 Å². The quantitative estimate of drug-likeness (QED) is 0.684. The van der Waals surface area contributed by atoms with Crippen LogP contribution in [0.3, 0.4) is 0 Å². The predicted molar refractivity (Wildman–Crippen MR) is 116 cm³/mol. The van der Waals surface area contributed by atoms with E-state index >= 15 is 0 Å². The fraction of sp³-hybridized carbons (Fsp3) is 0.476. The highest BCUT2D eigenvalue weighted by Gasteiger charge is 2.40. The molecule has 2 aromatic rings. The number of ether oxygens (including phenoxy) is 3. The van der Waals surface area contributed by atoms with Gasteiger partial charge in [0.2, 0.25) is 5.88 Å². The van der Waals surface area contributed by atoms with Crippen LogP contribution in [0.15, 0.2) is 24.5 Å². The summed E-state index contributed by atoms with van der Waals surface area (Å²) in [5.74, 6) is -0.930. The van der Waals surface area contributed by atoms with Crippen molar-refractivity contribution in [1.29, 1.82) is 0 Å². The molecule has 2 fully saturated rings. The van der Waals surface area contributed by atoms with Crippen LogP contribution in [0.5, 0.6) is 5.88 Å². The molecule has 1 unspecified atom stereocenters. The largest absolute Gasteiger partial charge is 0.477 e. The summed E-state index contributed by atoms with van der Waals surface area (Å²) in [5, 5.41) is 12.1. The molecule has 33 heavy (non-hydrogen) atoms. The van der Waals surface area contributed by atoms with E-state index in [1.54, 1.807) is 6.07 Å². The first-order chi connectivity index (χ1) is 15.8. The molecule has 2 bridgehead atoms. The average molecular weight is 456 g/mol. The summed E-state index contributed by atoms with van der Waals surface area (Å²) >= 11 is 0. The fourth-order valence-corrected chi connectivity index (χ4v) is 4.27. The third-order valence-corrected chi connectivity index (χ3v) is 5.75. The number of urea groups is 1. The van der Waals surface area contributed by atoms with Crippen LogP contribution in [-0.4, -0.2) is 76.3 Å². The molecule has 0 spiro atoms. The van der Waals surface area contributed by atoms with E-state index in [2.05, 4.69) is 25.2 Å². The van der Waals surface area contributed by atoms with Gasteiger partial charge in [-0.1, -0.05) is 0 Å². The molecule has 3 aliphatic rings. The maximum absolute atomic E-state index is 13.2. The molecule has 12 nitrogen and oxygen atoms in total. The minimum Gasteiger partial charge on any atom is -0.477 e. The van der Waals surface area contributed by atoms with Crippen LogP contribution in [0.25, 0.3) is 0 Å². The summed E-state index contributed by atoms with van der Waals surface area (Å²) in [5.41, 5.74) is 0.616. The monoisotopic (exact) mass is 456 g/mol. The van der Waals surface area contributed by atoms with E-state index in [4.69, 9.17) is 14.2 Å². The van der Waals surface area contributed by atoms with Gasteiger partial charge in [-0.3, -0.25) is 10.2 Å². The number of nitrogens with zero attached hydrogens (tertiary/aromatic N) is 5. The van der Waals surface area contributed by atoms with E-state index in [0.29, 0.717) is 19.0 Å². The maximum Gasteiger partial charge on any atom is 0.354 e. The molecule has 2 N–H and O–H groups in total. The minimum absolute atomic E-state index is 0.116. The number of aromatic carboxylic acids is 1. The zero-order valence-corrected chi connectivity index (χ0v) is 18.2. The van der Waals surface area contributed by atoms with Crippen molar-refractivity contribution in [3.63, 3.8) is 0 Å². The Morgan fingerprint density at radius 1 is 1.33 bits per heavy atom. The summed E-state index contributed by atoms with van der Waals surface area (Å²) in [7, 11) is 0. The van der Waals surface area contributed by atoms with E-state index in [0.717, 1.165) is 18.7 Å². The van der Waals surface area contributed by atoms with E-state index in [-0.39, 0.29) is 36.1 Å². The summed E-state index contributed by atoms with van der Waals surface area (Å²) in [6.45, 7) is 5.76. The lowest BCUT2D eigenvalue weighted by Crippen LogP contribution is -2.48. The summed E-state index contributed by atoms with van der Waals surface area (Å²) in [6, 6.07) is 4.10. The Balaban J connectivity index is 1.31. The van der Waals surface area contributed by atoms with Gasteiger partial charge in [0.1, 0.15) is 24.9 Å². The third-order valence-electron chi connectivity index (χ3n) is 5.75. The molecule has 0 aromatic carbocycles. The molecule has 12 heteroatoms. The Labute approximate surface area is 189 Å². The van der Waals surface area contributed by atoms with Crippen molar-refractivity contribution in [3.8, 4) is 5.88 Å². The van der Waals surface area contributed by atoms with E-state index in [1.807, 2.05) is 13.8 Å². The molecule has 5 heterocycles. The van der Waals surface area contributed by atoms with Crippen LogP contribution in [-0.2, 0) is 9.47 Å². The molecular weight excluding hydrogens is 432 g/mol. The Morgan fingerprint density at radius 3 is 2.94 bits per heavy atom. The summed E-state index contributed by atoms with van der Waals surface area (Å²) in [4.78, 5) is 40.7. The zero-order valence-electron chi connectivity index (χ0n) is 18.2. The molecule has 0 radical (unpaired) electrons. The van der Waals surface area contributed by atoms with Gasteiger partial charge in [0.15, 0.2) is 17.3 Å². The van der Waals surface area contributed by atoms with Crippen molar-refractivity contribution in [2.24, 2.45) is 0 Å². The molecule has 3 aliphatic heterocycles. The van der Waals surface area contributed by atoms with Gasteiger partial charge in [-0.15, -0.1) is 0 Å². The zero-order chi connectivity index (χ0) is 23.2. The Kier molecular flexibility index (Phi) is 5.25. The fourth-order valence-electron chi connectivity index (χ4n) is 4.27. The number of carbonyl (C=O) groups is 2. The first-order valence-electron chi connectivity index (χ1n) is 10.7. The number of fused-ring (bicyclic) bond motifs is 4. The first-order valence-corrected chi connectivity index (χ1v) is 10.7. The van der Waals surface area contributed by atoms with Crippen molar-refractivity contribution >= 4 is 29.3 Å². The van der Waals surface area contributed by atoms with Gasteiger partial charge in [0, 0.05) is 19.2 Å². The number of hydrogen-bond acceptors (Lipinski definition) is 9. The molecule has 174 valence electrons. The highest BCUT2D eigenvalue weighted by molar-refractivity contribution is 6.04. The van der Waals surface area contributed by atoms with Crippen molar-refractivity contribution in [2.75, 3.05) is 41.4 Å². The normalized spacial score (nSPS) is 22.7. The number of carboxylic acid groups (broad SMARTS) is 1. The Morgan fingerprint density at radius 2 is 2.18 bits per heavy atom. The summed E-state index contributed by atoms with van der Waals surface area (Å²) in [6.07, 6.45) is 1.82. The number of carbonyl (C=O) groups excluding carboxylic acids is 1. The third kappa shape index (κ3) is 4.26. The lowest BCUT2D eigenvalue weighted by Gasteiger charge is -2.35. The van der Waals surface area contributed by atoms with Crippen molar-refractivity contribution < 1.29 is 28.9 Å². The van der Waals surface area contributed by atoms with Gasteiger partial charge in [0.25, 0.3) is 0 Å².